The van der Waals surface area contributed by atoms with Crippen LogP contribution in [-0.2, 0) is 5.41 Å². The fourth-order valence-corrected chi connectivity index (χ4v) is 3.35. The zero-order valence-corrected chi connectivity index (χ0v) is 10.3. The van der Waals surface area contributed by atoms with Crippen molar-refractivity contribution in [3.05, 3.63) is 34.9 Å². The Bertz CT molecular complexity index is 404. The van der Waals surface area contributed by atoms with Crippen LogP contribution in [0.25, 0.3) is 0 Å². The lowest BCUT2D eigenvalue weighted by atomic mass is 9.74. The molecule has 0 saturated heterocycles. The van der Waals surface area contributed by atoms with Crippen LogP contribution in [0.15, 0.2) is 18.2 Å². The van der Waals surface area contributed by atoms with Crippen LogP contribution in [0, 0.1) is 6.92 Å². The van der Waals surface area contributed by atoms with Gasteiger partial charge in [0.25, 0.3) is 0 Å². The van der Waals surface area contributed by atoms with E-state index in [1.165, 1.54) is 31.2 Å². The maximum Gasteiger partial charge on any atom is 0.00172 e. The van der Waals surface area contributed by atoms with Crippen molar-refractivity contribution in [2.45, 2.75) is 43.9 Å². The first kappa shape index (κ1) is 10.3. The highest BCUT2D eigenvalue weighted by Gasteiger charge is 2.48. The molecule has 0 bridgehead atoms. The van der Waals surface area contributed by atoms with Crippen molar-refractivity contribution in [1.29, 1.82) is 0 Å². The summed E-state index contributed by atoms with van der Waals surface area (Å²) in [7, 11) is 2.06. The predicted octanol–water partition coefficient (Wildman–Crippen LogP) is 3.12. The van der Waals surface area contributed by atoms with Crippen LogP contribution in [-0.4, -0.2) is 13.6 Å². The van der Waals surface area contributed by atoms with Gasteiger partial charge in [0, 0.05) is 6.54 Å². The second-order valence-electron chi connectivity index (χ2n) is 5.66. The molecule has 1 aromatic carbocycles. The van der Waals surface area contributed by atoms with Gasteiger partial charge < -0.3 is 5.32 Å². The second kappa shape index (κ2) is 3.59. The Morgan fingerprint density at radius 3 is 2.81 bits per heavy atom. The van der Waals surface area contributed by atoms with Gasteiger partial charge in [0.2, 0.25) is 0 Å². The number of hydrogen-bond donors (Lipinski definition) is 1. The van der Waals surface area contributed by atoms with Gasteiger partial charge in [0.1, 0.15) is 0 Å². The Hall–Kier alpha value is -0.820. The van der Waals surface area contributed by atoms with E-state index in [1.54, 1.807) is 11.1 Å². The van der Waals surface area contributed by atoms with Crippen LogP contribution in [0.3, 0.4) is 0 Å². The first-order valence-electron chi connectivity index (χ1n) is 6.51. The van der Waals surface area contributed by atoms with Crippen LogP contribution in [0.2, 0.25) is 0 Å². The molecule has 16 heavy (non-hydrogen) atoms. The summed E-state index contributed by atoms with van der Waals surface area (Å²) in [5.41, 5.74) is 5.34. The fourth-order valence-electron chi connectivity index (χ4n) is 3.35. The van der Waals surface area contributed by atoms with Gasteiger partial charge in [-0.15, -0.1) is 0 Å². The molecule has 0 amide bonds. The van der Waals surface area contributed by atoms with Crippen molar-refractivity contribution in [2.24, 2.45) is 0 Å². The van der Waals surface area contributed by atoms with E-state index in [2.05, 4.69) is 37.5 Å². The number of fused-ring (bicyclic) bond motifs is 2. The largest absolute Gasteiger partial charge is 0.319 e. The average Bonchev–Trinajstić information content (AvgIpc) is 3.04. The molecule has 1 atom stereocenters. The van der Waals surface area contributed by atoms with Crippen LogP contribution in [0.1, 0.15) is 48.3 Å². The number of rotatable bonds is 2. The van der Waals surface area contributed by atoms with Gasteiger partial charge in [0.15, 0.2) is 0 Å². The molecule has 2 aliphatic rings. The van der Waals surface area contributed by atoms with Crippen LogP contribution in [0.5, 0.6) is 0 Å². The molecule has 2 aliphatic carbocycles. The van der Waals surface area contributed by atoms with E-state index in [-0.39, 0.29) is 0 Å². The molecule has 0 aromatic heterocycles. The molecule has 1 unspecified atom stereocenters. The summed E-state index contributed by atoms with van der Waals surface area (Å²) >= 11 is 0. The lowest BCUT2D eigenvalue weighted by Crippen LogP contribution is -2.26. The standard InChI is InChI=1S/C15H21N/c1-11-3-4-13-12(10-16-2)5-6-15(7-8-15)14(13)9-11/h3-4,9,12,16H,5-8,10H2,1-2H3. The van der Waals surface area contributed by atoms with Crippen LogP contribution >= 0.6 is 0 Å². The third kappa shape index (κ3) is 1.49. The molecule has 86 valence electrons. The molecule has 1 nitrogen and oxygen atoms in total. The van der Waals surface area contributed by atoms with E-state index < -0.39 is 0 Å². The maximum atomic E-state index is 3.34. The summed E-state index contributed by atoms with van der Waals surface area (Å²) in [4.78, 5) is 0. The number of benzene rings is 1. The van der Waals surface area contributed by atoms with E-state index in [0.717, 1.165) is 12.5 Å². The van der Waals surface area contributed by atoms with Gasteiger partial charge in [-0.2, -0.15) is 0 Å². The molecule has 1 N–H and O–H groups in total. The Labute approximate surface area is 98.3 Å². The minimum Gasteiger partial charge on any atom is -0.319 e. The van der Waals surface area contributed by atoms with E-state index in [0.29, 0.717) is 5.41 Å². The van der Waals surface area contributed by atoms with Crippen molar-refractivity contribution in [3.63, 3.8) is 0 Å². The Kier molecular flexibility index (Phi) is 2.32. The molecular formula is C15H21N. The zero-order chi connectivity index (χ0) is 11.2. The van der Waals surface area contributed by atoms with Crippen LogP contribution < -0.4 is 5.32 Å². The average molecular weight is 215 g/mol. The van der Waals surface area contributed by atoms with E-state index >= 15 is 0 Å². The minimum atomic E-state index is 0.603. The molecule has 0 radical (unpaired) electrons. The van der Waals surface area contributed by atoms with Gasteiger partial charge in [0.05, 0.1) is 0 Å². The molecule has 0 heterocycles. The maximum absolute atomic E-state index is 3.34. The third-order valence-corrected chi connectivity index (χ3v) is 4.50. The smallest absolute Gasteiger partial charge is 0.00172 e. The number of aryl methyl sites for hydroxylation is 1. The highest BCUT2D eigenvalue weighted by Crippen LogP contribution is 2.57. The van der Waals surface area contributed by atoms with Crippen molar-refractivity contribution < 1.29 is 0 Å². The van der Waals surface area contributed by atoms with Gasteiger partial charge >= 0.3 is 0 Å². The Morgan fingerprint density at radius 1 is 1.31 bits per heavy atom. The topological polar surface area (TPSA) is 12.0 Å². The molecule has 1 heteroatoms. The molecule has 0 aliphatic heterocycles. The summed E-state index contributed by atoms with van der Waals surface area (Å²) in [6.45, 7) is 3.35. The van der Waals surface area contributed by atoms with Crippen molar-refractivity contribution >= 4 is 0 Å². The third-order valence-electron chi connectivity index (χ3n) is 4.50. The molecule has 1 saturated carbocycles. The van der Waals surface area contributed by atoms with Gasteiger partial charge in [-0.3, -0.25) is 0 Å². The van der Waals surface area contributed by atoms with Gasteiger partial charge in [-0.05, 0) is 62.1 Å². The normalized spacial score (nSPS) is 25.5. The molecular weight excluding hydrogens is 194 g/mol. The summed E-state index contributed by atoms with van der Waals surface area (Å²) in [5, 5.41) is 3.34. The molecule has 1 fully saturated rings. The summed E-state index contributed by atoms with van der Waals surface area (Å²) in [6, 6.07) is 7.11. The van der Waals surface area contributed by atoms with Crippen molar-refractivity contribution in [2.75, 3.05) is 13.6 Å². The predicted molar refractivity (Wildman–Crippen MR) is 68.0 cm³/mol. The van der Waals surface area contributed by atoms with Gasteiger partial charge in [-0.25, -0.2) is 0 Å². The quantitative estimate of drug-likeness (QED) is 0.799. The first-order valence-corrected chi connectivity index (χ1v) is 6.51. The first-order chi connectivity index (χ1) is 7.75. The van der Waals surface area contributed by atoms with E-state index in [9.17, 15) is 0 Å². The molecule has 1 aromatic rings. The molecule has 1 spiro atoms. The summed E-state index contributed by atoms with van der Waals surface area (Å²) < 4.78 is 0. The lowest BCUT2D eigenvalue weighted by molar-refractivity contribution is 0.459. The number of hydrogen-bond acceptors (Lipinski definition) is 1. The molecule has 3 rings (SSSR count). The monoisotopic (exact) mass is 215 g/mol. The second-order valence-corrected chi connectivity index (χ2v) is 5.66. The summed E-state index contributed by atoms with van der Waals surface area (Å²) in [6.07, 6.45) is 5.64. The zero-order valence-electron chi connectivity index (χ0n) is 10.3. The van der Waals surface area contributed by atoms with E-state index in [4.69, 9.17) is 0 Å². The Morgan fingerprint density at radius 2 is 2.12 bits per heavy atom. The Balaban J connectivity index is 2.03. The highest BCUT2D eigenvalue weighted by molar-refractivity contribution is 5.45. The number of nitrogens with one attached hydrogen (secondary N) is 1. The van der Waals surface area contributed by atoms with Crippen LogP contribution in [0.4, 0.5) is 0 Å². The van der Waals surface area contributed by atoms with Gasteiger partial charge in [-0.1, -0.05) is 23.8 Å². The highest BCUT2D eigenvalue weighted by atomic mass is 14.8. The minimum absolute atomic E-state index is 0.603. The SMILES string of the molecule is CNCC1CCC2(CC2)c2cc(C)ccc21. The van der Waals surface area contributed by atoms with Crippen molar-refractivity contribution in [1.82, 2.24) is 5.32 Å². The summed E-state index contributed by atoms with van der Waals surface area (Å²) in [5.74, 6) is 0.742. The van der Waals surface area contributed by atoms with Crippen molar-refractivity contribution in [3.8, 4) is 0 Å². The number of likely N-dealkylation sites (N-methyl/N-ethyl adjacent to an activating group) is 1. The fraction of sp³-hybridized carbons (Fsp3) is 0.600. The lowest BCUT2D eigenvalue weighted by Gasteiger charge is -2.32. The van der Waals surface area contributed by atoms with E-state index in [1.807, 2.05) is 0 Å².